The van der Waals surface area contributed by atoms with Crippen molar-refractivity contribution in [3.8, 4) is 0 Å². The molecule has 0 bridgehead atoms. The number of rotatable bonds is 6. The van der Waals surface area contributed by atoms with Crippen molar-refractivity contribution in [2.24, 2.45) is 0 Å². The van der Waals surface area contributed by atoms with E-state index in [2.05, 4.69) is 0 Å². The molecule has 2 aliphatic rings. The van der Waals surface area contributed by atoms with Crippen molar-refractivity contribution < 1.29 is 29.3 Å². The van der Waals surface area contributed by atoms with Crippen LogP contribution in [0.25, 0.3) is 0 Å². The van der Waals surface area contributed by atoms with Gasteiger partial charge in [0.1, 0.15) is 18.3 Å². The van der Waals surface area contributed by atoms with Crippen LogP contribution in [0.5, 0.6) is 0 Å². The highest BCUT2D eigenvalue weighted by molar-refractivity contribution is 6.21. The Morgan fingerprint density at radius 1 is 1.17 bits per heavy atom. The van der Waals surface area contributed by atoms with Crippen LogP contribution in [0.1, 0.15) is 27.1 Å². The van der Waals surface area contributed by atoms with Crippen LogP contribution in [0.15, 0.2) is 36.6 Å². The summed E-state index contributed by atoms with van der Waals surface area (Å²) in [5, 5.41) is 19.0. The Hall–Kier alpha value is -2.22. The Morgan fingerprint density at radius 3 is 2.46 bits per heavy atom. The molecule has 3 atom stereocenters. The van der Waals surface area contributed by atoms with Gasteiger partial charge in [-0.05, 0) is 24.6 Å². The molecule has 128 valence electrons. The van der Waals surface area contributed by atoms with E-state index in [0.29, 0.717) is 17.5 Å². The maximum atomic E-state index is 12.2. The fraction of sp³-hybridized carbons (Fsp3) is 0.412. The second kappa shape index (κ2) is 7.12. The molecule has 0 radical (unpaired) electrons. The number of aliphatic hydroxyl groups is 2. The zero-order chi connectivity index (χ0) is 17.1. The molecule has 0 spiro atoms. The molecule has 0 saturated heterocycles. The van der Waals surface area contributed by atoms with E-state index in [1.807, 2.05) is 0 Å². The summed E-state index contributed by atoms with van der Waals surface area (Å²) in [6.45, 7) is 0.205. The van der Waals surface area contributed by atoms with E-state index in [0.717, 1.165) is 0 Å². The van der Waals surface area contributed by atoms with E-state index in [1.54, 1.807) is 30.3 Å². The molecule has 1 aromatic carbocycles. The highest BCUT2D eigenvalue weighted by atomic mass is 16.5. The monoisotopic (exact) mass is 333 g/mol. The first-order chi connectivity index (χ1) is 11.6. The maximum absolute atomic E-state index is 12.2. The van der Waals surface area contributed by atoms with Crippen molar-refractivity contribution in [2.75, 3.05) is 19.8 Å². The lowest BCUT2D eigenvalue weighted by Gasteiger charge is -2.30. The highest BCUT2D eigenvalue weighted by Crippen LogP contribution is 2.22. The predicted octanol–water partition coefficient (Wildman–Crippen LogP) is 0.324. The first-order valence-corrected chi connectivity index (χ1v) is 7.81. The van der Waals surface area contributed by atoms with Crippen molar-refractivity contribution in [3.05, 3.63) is 47.7 Å². The summed E-state index contributed by atoms with van der Waals surface area (Å²) in [7, 11) is 0. The molecule has 24 heavy (non-hydrogen) atoms. The van der Waals surface area contributed by atoms with Crippen LogP contribution in [0.2, 0.25) is 0 Å². The summed E-state index contributed by atoms with van der Waals surface area (Å²) in [4.78, 5) is 25.6. The first-order valence-electron chi connectivity index (χ1n) is 7.81. The Balaban J connectivity index is 1.50. The summed E-state index contributed by atoms with van der Waals surface area (Å²) >= 11 is 0. The molecule has 2 heterocycles. The van der Waals surface area contributed by atoms with E-state index in [9.17, 15) is 14.7 Å². The van der Waals surface area contributed by atoms with Gasteiger partial charge in [-0.15, -0.1) is 0 Å². The van der Waals surface area contributed by atoms with Crippen molar-refractivity contribution >= 4 is 11.8 Å². The standard InChI is InChI=1S/C17H19NO6/c19-10-14-15(20)13(6-9-24-14)23-8-3-7-18-16(21)11-4-1-2-5-12(11)17(18)22/h1-2,4-6,9,13-15,19-20H,3,7-8,10H2/t13-,14-,15-/m1/s1. The van der Waals surface area contributed by atoms with Gasteiger partial charge in [0.25, 0.3) is 11.8 Å². The minimum Gasteiger partial charge on any atom is -0.493 e. The van der Waals surface area contributed by atoms with Gasteiger partial charge in [0.15, 0.2) is 0 Å². The number of amides is 2. The minimum atomic E-state index is -0.959. The largest absolute Gasteiger partial charge is 0.493 e. The van der Waals surface area contributed by atoms with Crippen molar-refractivity contribution in [2.45, 2.75) is 24.7 Å². The molecule has 7 heteroatoms. The molecular weight excluding hydrogens is 314 g/mol. The van der Waals surface area contributed by atoms with Crippen LogP contribution in [0.4, 0.5) is 0 Å². The number of carbonyl (C=O) groups excluding carboxylic acids is 2. The van der Waals surface area contributed by atoms with E-state index in [-0.39, 0.29) is 31.6 Å². The quantitative estimate of drug-likeness (QED) is 0.575. The summed E-state index contributed by atoms with van der Waals surface area (Å²) in [6, 6.07) is 6.74. The number of ether oxygens (including phenoxy) is 2. The molecule has 2 N–H and O–H groups in total. The van der Waals surface area contributed by atoms with Gasteiger partial charge >= 0.3 is 0 Å². The fourth-order valence-corrected chi connectivity index (χ4v) is 2.82. The summed E-state index contributed by atoms with van der Waals surface area (Å²) in [6.07, 6.45) is 1.16. The highest BCUT2D eigenvalue weighted by Gasteiger charge is 2.35. The molecular formula is C17H19NO6. The Labute approximate surface area is 139 Å². The van der Waals surface area contributed by atoms with Crippen LogP contribution in [0.3, 0.4) is 0 Å². The number of hydrogen-bond donors (Lipinski definition) is 2. The third-order valence-corrected chi connectivity index (χ3v) is 4.13. The van der Waals surface area contributed by atoms with Crippen LogP contribution in [0, 0.1) is 0 Å². The summed E-state index contributed by atoms with van der Waals surface area (Å²) < 4.78 is 10.6. The van der Waals surface area contributed by atoms with Gasteiger partial charge in [0, 0.05) is 13.2 Å². The van der Waals surface area contributed by atoms with E-state index in [1.165, 1.54) is 11.2 Å². The molecule has 2 amide bonds. The average molecular weight is 333 g/mol. The Kier molecular flexibility index (Phi) is 4.94. The predicted molar refractivity (Wildman–Crippen MR) is 83.3 cm³/mol. The van der Waals surface area contributed by atoms with E-state index >= 15 is 0 Å². The Morgan fingerprint density at radius 2 is 1.83 bits per heavy atom. The lowest BCUT2D eigenvalue weighted by atomic mass is 10.1. The zero-order valence-electron chi connectivity index (χ0n) is 13.0. The van der Waals surface area contributed by atoms with Gasteiger partial charge in [0.2, 0.25) is 0 Å². The van der Waals surface area contributed by atoms with Gasteiger partial charge in [-0.1, -0.05) is 12.1 Å². The number of fused-ring (bicyclic) bond motifs is 1. The van der Waals surface area contributed by atoms with Gasteiger partial charge in [-0.2, -0.15) is 0 Å². The number of imide groups is 1. The molecule has 0 aliphatic carbocycles. The smallest absolute Gasteiger partial charge is 0.261 e. The van der Waals surface area contributed by atoms with Gasteiger partial charge in [-0.3, -0.25) is 14.5 Å². The summed E-state index contributed by atoms with van der Waals surface area (Å²) in [5.74, 6) is -0.580. The molecule has 0 saturated carbocycles. The second-order valence-electron chi connectivity index (χ2n) is 5.67. The van der Waals surface area contributed by atoms with Crippen molar-refractivity contribution in [3.63, 3.8) is 0 Å². The van der Waals surface area contributed by atoms with E-state index < -0.39 is 18.3 Å². The van der Waals surface area contributed by atoms with Crippen LogP contribution < -0.4 is 0 Å². The molecule has 3 rings (SSSR count). The lowest BCUT2D eigenvalue weighted by molar-refractivity contribution is -0.102. The molecule has 1 aromatic rings. The van der Waals surface area contributed by atoms with Gasteiger partial charge in [-0.25, -0.2) is 0 Å². The van der Waals surface area contributed by atoms with Crippen molar-refractivity contribution in [1.29, 1.82) is 0 Å². The van der Waals surface area contributed by atoms with Crippen LogP contribution in [-0.2, 0) is 9.47 Å². The maximum Gasteiger partial charge on any atom is 0.261 e. The van der Waals surface area contributed by atoms with E-state index in [4.69, 9.17) is 14.6 Å². The second-order valence-corrected chi connectivity index (χ2v) is 5.67. The normalized spacial score (nSPS) is 25.8. The molecule has 0 aromatic heterocycles. The third kappa shape index (κ3) is 3.06. The number of aliphatic hydroxyl groups excluding tert-OH is 2. The number of benzene rings is 1. The fourth-order valence-electron chi connectivity index (χ4n) is 2.82. The Bertz CT molecular complexity index is 623. The molecule has 0 unspecified atom stereocenters. The van der Waals surface area contributed by atoms with Gasteiger partial charge in [0.05, 0.1) is 24.0 Å². The number of hydrogen-bond acceptors (Lipinski definition) is 6. The number of nitrogens with zero attached hydrogens (tertiary/aromatic N) is 1. The summed E-state index contributed by atoms with van der Waals surface area (Å²) in [5.41, 5.74) is 0.856. The third-order valence-electron chi connectivity index (χ3n) is 4.13. The van der Waals surface area contributed by atoms with Crippen LogP contribution in [-0.4, -0.2) is 65.0 Å². The van der Waals surface area contributed by atoms with Crippen molar-refractivity contribution in [1.82, 2.24) is 4.90 Å². The molecule has 7 nitrogen and oxygen atoms in total. The molecule has 2 aliphatic heterocycles. The first kappa shape index (κ1) is 16.6. The number of carbonyl (C=O) groups is 2. The van der Waals surface area contributed by atoms with Crippen LogP contribution >= 0.6 is 0 Å². The zero-order valence-corrected chi connectivity index (χ0v) is 13.0. The minimum absolute atomic E-state index is 0.249. The molecule has 0 fully saturated rings. The lowest BCUT2D eigenvalue weighted by Crippen LogP contribution is -2.43. The topological polar surface area (TPSA) is 96.3 Å². The van der Waals surface area contributed by atoms with Gasteiger partial charge < -0.3 is 19.7 Å². The average Bonchev–Trinajstić information content (AvgIpc) is 2.85. The SMILES string of the molecule is O=C1c2ccccc2C(=O)N1CCCO[C@@H]1C=CO[C@H](CO)[C@@H]1O.